The summed E-state index contributed by atoms with van der Waals surface area (Å²) in [5, 5.41) is 12.2. The van der Waals surface area contributed by atoms with E-state index in [9.17, 15) is 4.79 Å². The highest BCUT2D eigenvalue weighted by atomic mass is 35.5. The zero-order chi connectivity index (χ0) is 13.8. The monoisotopic (exact) mass is 277 g/mol. The molecule has 98 valence electrons. The van der Waals surface area contributed by atoms with Crippen LogP contribution in [0.15, 0.2) is 36.7 Å². The van der Waals surface area contributed by atoms with E-state index in [1.165, 1.54) is 12.1 Å². The summed E-state index contributed by atoms with van der Waals surface area (Å²) < 4.78 is 0. The minimum absolute atomic E-state index is 0.0318. The Morgan fingerprint density at radius 3 is 2.68 bits per heavy atom. The second-order valence-corrected chi connectivity index (χ2v) is 4.40. The maximum atomic E-state index is 10.9. The first-order valence-corrected chi connectivity index (χ1v) is 6.01. The van der Waals surface area contributed by atoms with Gasteiger partial charge in [0.2, 0.25) is 0 Å². The number of pyridine rings is 2. The molecule has 0 spiro atoms. The SMILES string of the molecule is CC(Nc1cc(C(=O)O)cc(Cl)n1)c1ccncc1. The lowest BCUT2D eigenvalue weighted by molar-refractivity contribution is 0.0697. The van der Waals surface area contributed by atoms with Crippen molar-refractivity contribution in [3.63, 3.8) is 0 Å². The van der Waals surface area contributed by atoms with Crippen LogP contribution in [0.1, 0.15) is 28.9 Å². The van der Waals surface area contributed by atoms with Crippen LogP contribution in [0, 0.1) is 0 Å². The quantitative estimate of drug-likeness (QED) is 0.840. The normalized spacial score (nSPS) is 11.9. The number of rotatable bonds is 4. The average Bonchev–Trinajstić information content (AvgIpc) is 2.39. The highest BCUT2D eigenvalue weighted by Gasteiger charge is 2.10. The second-order valence-electron chi connectivity index (χ2n) is 4.02. The Bertz CT molecular complexity index is 590. The number of aromatic nitrogens is 2. The van der Waals surface area contributed by atoms with Crippen LogP contribution in [0.3, 0.4) is 0 Å². The van der Waals surface area contributed by atoms with Gasteiger partial charge in [0.25, 0.3) is 0 Å². The fourth-order valence-corrected chi connectivity index (χ4v) is 1.86. The molecule has 2 heterocycles. The number of carbonyl (C=O) groups is 1. The van der Waals surface area contributed by atoms with E-state index in [1.54, 1.807) is 12.4 Å². The lowest BCUT2D eigenvalue weighted by Gasteiger charge is -2.15. The van der Waals surface area contributed by atoms with Gasteiger partial charge in [-0.25, -0.2) is 9.78 Å². The number of nitrogens with one attached hydrogen (secondary N) is 1. The van der Waals surface area contributed by atoms with Crippen LogP contribution in [0.2, 0.25) is 5.15 Å². The molecule has 2 N–H and O–H groups in total. The molecule has 5 nitrogen and oxygen atoms in total. The van der Waals surface area contributed by atoms with Crippen molar-refractivity contribution in [1.82, 2.24) is 9.97 Å². The number of halogens is 1. The number of nitrogens with zero attached hydrogens (tertiary/aromatic N) is 2. The molecule has 1 atom stereocenters. The predicted octanol–water partition coefficient (Wildman–Crippen LogP) is 3.00. The van der Waals surface area contributed by atoms with E-state index in [0.29, 0.717) is 5.82 Å². The minimum atomic E-state index is -1.04. The topological polar surface area (TPSA) is 75.1 Å². The van der Waals surface area contributed by atoms with Crippen LogP contribution >= 0.6 is 11.6 Å². The molecular formula is C13H12ClN3O2. The van der Waals surface area contributed by atoms with Crippen LogP contribution < -0.4 is 5.32 Å². The van der Waals surface area contributed by atoms with Crippen LogP contribution in [0.5, 0.6) is 0 Å². The van der Waals surface area contributed by atoms with Gasteiger partial charge in [-0.3, -0.25) is 4.98 Å². The molecule has 0 aliphatic rings. The fourth-order valence-electron chi connectivity index (χ4n) is 1.65. The molecule has 0 amide bonds. The van der Waals surface area contributed by atoms with Gasteiger partial charge in [-0.2, -0.15) is 0 Å². The van der Waals surface area contributed by atoms with Gasteiger partial charge in [-0.05, 0) is 36.8 Å². The zero-order valence-corrected chi connectivity index (χ0v) is 10.9. The van der Waals surface area contributed by atoms with Crippen LogP contribution in [-0.2, 0) is 0 Å². The van der Waals surface area contributed by atoms with Gasteiger partial charge in [-0.1, -0.05) is 11.6 Å². The molecule has 0 bridgehead atoms. The molecule has 2 rings (SSSR count). The van der Waals surface area contributed by atoms with Crippen molar-refractivity contribution >= 4 is 23.4 Å². The molecule has 0 fully saturated rings. The van der Waals surface area contributed by atoms with Gasteiger partial charge in [0.15, 0.2) is 0 Å². The van der Waals surface area contributed by atoms with Gasteiger partial charge < -0.3 is 10.4 Å². The minimum Gasteiger partial charge on any atom is -0.478 e. The van der Waals surface area contributed by atoms with Crippen molar-refractivity contribution in [3.05, 3.63) is 52.9 Å². The first kappa shape index (κ1) is 13.3. The molecule has 19 heavy (non-hydrogen) atoms. The third-order valence-corrected chi connectivity index (χ3v) is 2.81. The van der Waals surface area contributed by atoms with Crippen molar-refractivity contribution in [2.24, 2.45) is 0 Å². The molecular weight excluding hydrogens is 266 g/mol. The van der Waals surface area contributed by atoms with Gasteiger partial charge in [0.05, 0.1) is 11.6 Å². The molecule has 2 aromatic rings. The van der Waals surface area contributed by atoms with Crippen molar-refractivity contribution < 1.29 is 9.90 Å². The van der Waals surface area contributed by atoms with E-state index in [2.05, 4.69) is 15.3 Å². The first-order chi connectivity index (χ1) is 9.06. The summed E-state index contributed by atoms with van der Waals surface area (Å²) in [5.41, 5.74) is 1.12. The van der Waals surface area contributed by atoms with Gasteiger partial charge in [0.1, 0.15) is 11.0 Å². The summed E-state index contributed by atoms with van der Waals surface area (Å²) >= 11 is 5.80. The van der Waals surface area contributed by atoms with E-state index >= 15 is 0 Å². The summed E-state index contributed by atoms with van der Waals surface area (Å²) in [7, 11) is 0. The van der Waals surface area contributed by atoms with Crippen molar-refractivity contribution in [1.29, 1.82) is 0 Å². The summed E-state index contributed by atoms with van der Waals surface area (Å²) in [6, 6.07) is 6.48. The van der Waals surface area contributed by atoms with E-state index in [1.807, 2.05) is 19.1 Å². The van der Waals surface area contributed by atoms with Crippen molar-refractivity contribution in [2.45, 2.75) is 13.0 Å². The highest BCUT2D eigenvalue weighted by Crippen LogP contribution is 2.20. The fraction of sp³-hybridized carbons (Fsp3) is 0.154. The molecule has 0 aliphatic carbocycles. The van der Waals surface area contributed by atoms with Crippen molar-refractivity contribution in [2.75, 3.05) is 5.32 Å². The number of anilines is 1. The van der Waals surface area contributed by atoms with E-state index < -0.39 is 5.97 Å². The lowest BCUT2D eigenvalue weighted by Crippen LogP contribution is -2.09. The number of carboxylic acid groups (broad SMARTS) is 1. The molecule has 6 heteroatoms. The van der Waals surface area contributed by atoms with Gasteiger partial charge >= 0.3 is 5.97 Å². The number of hydrogen-bond acceptors (Lipinski definition) is 4. The molecule has 2 aromatic heterocycles. The Hall–Kier alpha value is -2.14. The Balaban J connectivity index is 2.21. The van der Waals surface area contributed by atoms with E-state index in [4.69, 9.17) is 16.7 Å². The molecule has 0 aliphatic heterocycles. The van der Waals surface area contributed by atoms with Crippen LogP contribution in [0.4, 0.5) is 5.82 Å². The third kappa shape index (κ3) is 3.42. The van der Waals surface area contributed by atoms with Gasteiger partial charge in [0, 0.05) is 12.4 Å². The molecule has 1 unspecified atom stereocenters. The smallest absolute Gasteiger partial charge is 0.335 e. The third-order valence-electron chi connectivity index (χ3n) is 2.61. The second kappa shape index (κ2) is 5.67. The van der Waals surface area contributed by atoms with E-state index in [-0.39, 0.29) is 16.8 Å². The lowest BCUT2D eigenvalue weighted by atomic mass is 10.1. The van der Waals surface area contributed by atoms with Gasteiger partial charge in [-0.15, -0.1) is 0 Å². The molecule has 0 saturated carbocycles. The maximum Gasteiger partial charge on any atom is 0.335 e. The average molecular weight is 278 g/mol. The molecule has 0 radical (unpaired) electrons. The Kier molecular flexibility index (Phi) is 3.97. The molecule has 0 saturated heterocycles. The highest BCUT2D eigenvalue weighted by molar-refractivity contribution is 6.29. The van der Waals surface area contributed by atoms with Crippen LogP contribution in [-0.4, -0.2) is 21.0 Å². The maximum absolute atomic E-state index is 10.9. The Morgan fingerprint density at radius 1 is 1.37 bits per heavy atom. The largest absolute Gasteiger partial charge is 0.478 e. The summed E-state index contributed by atoms with van der Waals surface area (Å²) in [4.78, 5) is 18.9. The zero-order valence-electron chi connectivity index (χ0n) is 10.2. The predicted molar refractivity (Wildman–Crippen MR) is 72.5 cm³/mol. The summed E-state index contributed by atoms with van der Waals surface area (Å²) in [6.07, 6.45) is 3.39. The number of carboxylic acids is 1. The van der Waals surface area contributed by atoms with Crippen molar-refractivity contribution in [3.8, 4) is 0 Å². The molecule has 0 aromatic carbocycles. The number of aromatic carboxylic acids is 1. The standard InChI is InChI=1S/C13H12ClN3O2/c1-8(9-2-4-15-5-3-9)16-12-7-10(13(18)19)6-11(14)17-12/h2-8H,1H3,(H,16,17)(H,18,19). The first-order valence-electron chi connectivity index (χ1n) is 5.63. The van der Waals surface area contributed by atoms with Crippen LogP contribution in [0.25, 0.3) is 0 Å². The summed E-state index contributed by atoms with van der Waals surface area (Å²) in [6.45, 7) is 1.94. The summed E-state index contributed by atoms with van der Waals surface area (Å²) in [5.74, 6) is -0.613. The van der Waals surface area contributed by atoms with E-state index in [0.717, 1.165) is 5.56 Å². The Labute approximate surface area is 115 Å². The number of hydrogen-bond donors (Lipinski definition) is 2. The Morgan fingerprint density at radius 2 is 2.05 bits per heavy atom.